The zero-order chi connectivity index (χ0) is 22.0. The third-order valence-electron chi connectivity index (χ3n) is 5.04. The van der Waals surface area contributed by atoms with Gasteiger partial charge in [-0.15, -0.1) is 11.8 Å². The van der Waals surface area contributed by atoms with E-state index >= 15 is 0 Å². The van der Waals surface area contributed by atoms with E-state index in [-0.39, 0.29) is 22.4 Å². The number of hydrogen-bond acceptors (Lipinski definition) is 3. The summed E-state index contributed by atoms with van der Waals surface area (Å²) in [6.45, 7) is 2.39. The monoisotopic (exact) mass is 470 g/mol. The summed E-state index contributed by atoms with van der Waals surface area (Å²) >= 11 is 13.9. The number of carbonyl (C=O) groups excluding carboxylic acids is 2. The average Bonchev–Trinajstić information content (AvgIpc) is 3.03. The molecule has 0 aliphatic carbocycles. The second kappa shape index (κ2) is 9.35. The number of anilines is 1. The van der Waals surface area contributed by atoms with Gasteiger partial charge in [-0.1, -0.05) is 59.6 Å². The number of benzene rings is 3. The molecule has 1 N–H and O–H groups in total. The first-order valence-corrected chi connectivity index (χ1v) is 11.5. The zero-order valence-electron chi connectivity index (χ0n) is 16.7. The molecule has 4 nitrogen and oxygen atoms in total. The van der Waals surface area contributed by atoms with Crippen molar-refractivity contribution in [3.63, 3.8) is 0 Å². The molecule has 158 valence electrons. The van der Waals surface area contributed by atoms with Crippen molar-refractivity contribution >= 4 is 52.5 Å². The van der Waals surface area contributed by atoms with E-state index in [1.54, 1.807) is 36.0 Å². The van der Waals surface area contributed by atoms with Crippen molar-refractivity contribution in [2.75, 3.05) is 5.32 Å². The minimum atomic E-state index is -0.276. The number of carbonyl (C=O) groups is 2. The van der Waals surface area contributed by atoms with Crippen molar-refractivity contribution < 1.29 is 9.59 Å². The second-order valence-corrected chi connectivity index (χ2v) is 9.56. The van der Waals surface area contributed by atoms with Gasteiger partial charge in [0.2, 0.25) is 5.91 Å². The molecule has 0 radical (unpaired) electrons. The molecule has 3 aromatic carbocycles. The minimum absolute atomic E-state index is 0.0838. The first-order valence-electron chi connectivity index (χ1n) is 9.78. The van der Waals surface area contributed by atoms with E-state index in [9.17, 15) is 9.59 Å². The zero-order valence-corrected chi connectivity index (χ0v) is 19.0. The molecule has 0 unspecified atom stereocenters. The smallest absolute Gasteiger partial charge is 0.257 e. The van der Waals surface area contributed by atoms with Gasteiger partial charge in [0.25, 0.3) is 5.91 Å². The molecule has 1 aliphatic heterocycles. The van der Waals surface area contributed by atoms with E-state index in [1.165, 1.54) is 0 Å². The first-order chi connectivity index (χ1) is 14.9. The SMILES string of the molecule is C[C@H]1S[C@@H](c2cccc(NC(=O)c3ccccc3Cl)c2)N(Cc2cccc(Cl)c2)C1=O. The average molecular weight is 471 g/mol. The summed E-state index contributed by atoms with van der Waals surface area (Å²) in [5.41, 5.74) is 2.99. The van der Waals surface area contributed by atoms with Gasteiger partial charge in [0.05, 0.1) is 15.8 Å². The summed E-state index contributed by atoms with van der Waals surface area (Å²) < 4.78 is 0. The van der Waals surface area contributed by atoms with E-state index in [4.69, 9.17) is 23.2 Å². The molecule has 1 saturated heterocycles. The molecule has 7 heteroatoms. The van der Waals surface area contributed by atoms with Crippen molar-refractivity contribution in [2.45, 2.75) is 24.1 Å². The van der Waals surface area contributed by atoms with Gasteiger partial charge in [-0.3, -0.25) is 9.59 Å². The van der Waals surface area contributed by atoms with Crippen molar-refractivity contribution in [2.24, 2.45) is 0 Å². The maximum absolute atomic E-state index is 12.9. The van der Waals surface area contributed by atoms with E-state index in [1.807, 2.05) is 60.4 Å². The van der Waals surface area contributed by atoms with Gasteiger partial charge >= 0.3 is 0 Å². The normalized spacial score (nSPS) is 18.3. The molecule has 4 rings (SSSR count). The standard InChI is InChI=1S/C24H20Cl2N2O2S/c1-15-23(30)28(14-16-6-4-8-18(25)12-16)24(31-15)17-7-5-9-19(13-17)27-22(29)20-10-2-3-11-21(20)26/h2-13,15,24H,14H2,1H3,(H,27,29)/t15-,24+/m1/s1. The Hall–Kier alpha value is -2.47. The maximum Gasteiger partial charge on any atom is 0.257 e. The van der Waals surface area contributed by atoms with E-state index < -0.39 is 0 Å². The molecular weight excluding hydrogens is 451 g/mol. The number of nitrogens with one attached hydrogen (secondary N) is 1. The van der Waals surface area contributed by atoms with Crippen LogP contribution >= 0.6 is 35.0 Å². The number of thioether (sulfide) groups is 1. The molecule has 0 aromatic heterocycles. The van der Waals surface area contributed by atoms with Gasteiger partial charge in [-0.2, -0.15) is 0 Å². The molecule has 2 amide bonds. The van der Waals surface area contributed by atoms with Gasteiger partial charge in [-0.05, 0) is 54.4 Å². The summed E-state index contributed by atoms with van der Waals surface area (Å²) in [5, 5.41) is 3.64. The highest BCUT2D eigenvalue weighted by Crippen LogP contribution is 2.44. The van der Waals surface area contributed by atoms with Crippen molar-refractivity contribution in [1.29, 1.82) is 0 Å². The third-order valence-corrected chi connectivity index (χ3v) is 7.00. The molecule has 3 aromatic rings. The predicted octanol–water partition coefficient (Wildman–Crippen LogP) is 6.41. The number of amides is 2. The van der Waals surface area contributed by atoms with Crippen LogP contribution in [0.1, 0.15) is 33.8 Å². The van der Waals surface area contributed by atoms with Crippen LogP contribution in [0.2, 0.25) is 10.0 Å². The van der Waals surface area contributed by atoms with Gasteiger partial charge in [0.15, 0.2) is 0 Å². The van der Waals surface area contributed by atoms with Gasteiger partial charge in [0.1, 0.15) is 5.37 Å². The largest absolute Gasteiger partial charge is 0.322 e. The Labute approximate surface area is 195 Å². The molecule has 31 heavy (non-hydrogen) atoms. The van der Waals surface area contributed by atoms with Crippen LogP contribution in [0, 0.1) is 0 Å². The summed E-state index contributed by atoms with van der Waals surface area (Å²) in [6.07, 6.45) is 0. The minimum Gasteiger partial charge on any atom is -0.322 e. The fourth-order valence-corrected chi connectivity index (χ4v) is 5.24. The number of hydrogen-bond donors (Lipinski definition) is 1. The van der Waals surface area contributed by atoms with Crippen LogP contribution in [0.3, 0.4) is 0 Å². The van der Waals surface area contributed by atoms with Gasteiger partial charge in [0, 0.05) is 17.3 Å². The Morgan fingerprint density at radius 3 is 2.58 bits per heavy atom. The highest BCUT2D eigenvalue weighted by Gasteiger charge is 2.38. The number of rotatable bonds is 5. The van der Waals surface area contributed by atoms with Gasteiger partial charge in [-0.25, -0.2) is 0 Å². The fourth-order valence-electron chi connectivity index (χ4n) is 3.54. The molecule has 0 bridgehead atoms. The summed E-state index contributed by atoms with van der Waals surface area (Å²) in [4.78, 5) is 27.3. The lowest BCUT2D eigenvalue weighted by Crippen LogP contribution is -2.29. The maximum atomic E-state index is 12.9. The quantitative estimate of drug-likeness (QED) is 0.468. The first kappa shape index (κ1) is 21.8. The van der Waals surface area contributed by atoms with Crippen LogP contribution in [0.5, 0.6) is 0 Å². The molecule has 2 atom stereocenters. The second-order valence-electron chi connectivity index (χ2n) is 7.29. The molecule has 0 spiro atoms. The Balaban J connectivity index is 1.57. The van der Waals surface area contributed by atoms with Crippen LogP contribution in [0.4, 0.5) is 5.69 Å². The molecule has 1 fully saturated rings. The molecule has 0 saturated carbocycles. The third kappa shape index (κ3) is 4.90. The Kier molecular flexibility index (Phi) is 6.56. The van der Waals surface area contributed by atoms with Crippen LogP contribution in [0.25, 0.3) is 0 Å². The highest BCUT2D eigenvalue weighted by atomic mass is 35.5. The Morgan fingerprint density at radius 1 is 1.03 bits per heavy atom. The van der Waals surface area contributed by atoms with Crippen molar-refractivity contribution in [3.8, 4) is 0 Å². The summed E-state index contributed by atoms with van der Waals surface area (Å²) in [6, 6.07) is 22.0. The number of halogens is 2. The Bertz CT molecular complexity index is 1140. The molecule has 1 heterocycles. The van der Waals surface area contributed by atoms with Crippen LogP contribution in [-0.4, -0.2) is 22.0 Å². The van der Waals surface area contributed by atoms with Crippen LogP contribution in [-0.2, 0) is 11.3 Å². The molecular formula is C24H20Cl2N2O2S. The lowest BCUT2D eigenvalue weighted by molar-refractivity contribution is -0.130. The summed E-state index contributed by atoms with van der Waals surface area (Å²) in [7, 11) is 0. The topological polar surface area (TPSA) is 49.4 Å². The van der Waals surface area contributed by atoms with E-state index in [0.717, 1.165) is 11.1 Å². The van der Waals surface area contributed by atoms with Crippen molar-refractivity contribution in [1.82, 2.24) is 4.90 Å². The lowest BCUT2D eigenvalue weighted by Gasteiger charge is -2.25. The summed E-state index contributed by atoms with van der Waals surface area (Å²) in [5.74, 6) is -0.192. The highest BCUT2D eigenvalue weighted by molar-refractivity contribution is 8.01. The predicted molar refractivity (Wildman–Crippen MR) is 128 cm³/mol. The number of nitrogens with zero attached hydrogens (tertiary/aromatic N) is 1. The fraction of sp³-hybridized carbons (Fsp3) is 0.167. The van der Waals surface area contributed by atoms with Crippen LogP contribution in [0.15, 0.2) is 72.8 Å². The Morgan fingerprint density at radius 2 is 1.81 bits per heavy atom. The van der Waals surface area contributed by atoms with Crippen molar-refractivity contribution in [3.05, 3.63) is 99.5 Å². The van der Waals surface area contributed by atoms with E-state index in [0.29, 0.717) is 27.8 Å². The molecule has 1 aliphatic rings. The lowest BCUT2D eigenvalue weighted by atomic mass is 10.1. The van der Waals surface area contributed by atoms with Gasteiger partial charge < -0.3 is 10.2 Å². The van der Waals surface area contributed by atoms with Crippen LogP contribution < -0.4 is 5.32 Å². The van der Waals surface area contributed by atoms with E-state index in [2.05, 4.69) is 5.32 Å².